The van der Waals surface area contributed by atoms with Gasteiger partial charge in [0.05, 0.1) is 0 Å². The summed E-state index contributed by atoms with van der Waals surface area (Å²) in [5.74, 6) is 0.00679. The molecule has 0 bridgehead atoms. The lowest BCUT2D eigenvalue weighted by Crippen LogP contribution is -2.34. The van der Waals surface area contributed by atoms with Crippen molar-refractivity contribution in [2.45, 2.75) is 26.3 Å². The smallest absolute Gasteiger partial charge is 0.222 e. The fraction of sp³-hybridized carbons (Fsp3) is 0.533. The van der Waals surface area contributed by atoms with E-state index in [0.717, 1.165) is 49.2 Å². The molecule has 0 atom stereocenters. The van der Waals surface area contributed by atoms with Crippen molar-refractivity contribution in [3.8, 4) is 0 Å². The van der Waals surface area contributed by atoms with Gasteiger partial charge in [0.1, 0.15) is 5.82 Å². The molecule has 1 aliphatic rings. The quantitative estimate of drug-likeness (QED) is 0.842. The molecular formula is C15H20BrFN2O. The molecule has 5 heteroatoms. The topological polar surface area (TPSA) is 23.6 Å². The lowest BCUT2D eigenvalue weighted by molar-refractivity contribution is -0.130. The van der Waals surface area contributed by atoms with Gasteiger partial charge in [-0.15, -0.1) is 0 Å². The zero-order chi connectivity index (χ0) is 14.5. The molecule has 3 nitrogen and oxygen atoms in total. The maximum atomic E-state index is 13.4. The first kappa shape index (κ1) is 15.4. The number of carbonyl (C=O) groups is 1. The zero-order valence-corrected chi connectivity index (χ0v) is 13.3. The van der Waals surface area contributed by atoms with Crippen LogP contribution in [0.1, 0.15) is 25.3 Å². The van der Waals surface area contributed by atoms with E-state index in [2.05, 4.69) is 20.8 Å². The average Bonchev–Trinajstić information content (AvgIpc) is 2.62. The zero-order valence-electron chi connectivity index (χ0n) is 11.7. The van der Waals surface area contributed by atoms with Gasteiger partial charge in [-0.2, -0.15) is 0 Å². The van der Waals surface area contributed by atoms with Crippen LogP contribution in [0, 0.1) is 5.82 Å². The number of rotatable bonds is 3. The summed E-state index contributed by atoms with van der Waals surface area (Å²) in [6, 6.07) is 4.99. The van der Waals surface area contributed by atoms with E-state index in [0.29, 0.717) is 6.42 Å². The normalized spacial score (nSPS) is 17.1. The standard InChI is InChI=1S/C15H20BrFN2O/c1-2-15(20)19-5-3-4-18(6-7-19)11-12-8-13(16)10-14(17)9-12/h8-10H,2-7,11H2,1H3. The van der Waals surface area contributed by atoms with Crippen LogP contribution in [0.15, 0.2) is 22.7 Å². The van der Waals surface area contributed by atoms with Crippen LogP contribution in [0.2, 0.25) is 0 Å². The van der Waals surface area contributed by atoms with Crippen molar-refractivity contribution in [1.82, 2.24) is 9.80 Å². The minimum absolute atomic E-state index is 0.216. The minimum atomic E-state index is -0.216. The Hall–Kier alpha value is -0.940. The van der Waals surface area contributed by atoms with E-state index in [4.69, 9.17) is 0 Å². The number of carbonyl (C=O) groups excluding carboxylic acids is 1. The lowest BCUT2D eigenvalue weighted by Gasteiger charge is -2.21. The summed E-state index contributed by atoms with van der Waals surface area (Å²) in [6.07, 6.45) is 1.54. The van der Waals surface area contributed by atoms with E-state index in [1.807, 2.05) is 17.9 Å². The molecular weight excluding hydrogens is 323 g/mol. The van der Waals surface area contributed by atoms with E-state index in [-0.39, 0.29) is 11.7 Å². The van der Waals surface area contributed by atoms with E-state index < -0.39 is 0 Å². The number of hydrogen-bond donors (Lipinski definition) is 0. The Labute approximate surface area is 127 Å². The molecule has 1 aromatic carbocycles. The molecule has 1 aromatic rings. The summed E-state index contributed by atoms with van der Waals surface area (Å²) in [6.45, 7) is 6.01. The third-order valence-corrected chi connectivity index (χ3v) is 4.03. The predicted molar refractivity (Wildman–Crippen MR) is 80.9 cm³/mol. The van der Waals surface area contributed by atoms with Gasteiger partial charge in [0.2, 0.25) is 5.91 Å². The van der Waals surface area contributed by atoms with Gasteiger partial charge in [-0.1, -0.05) is 22.9 Å². The van der Waals surface area contributed by atoms with E-state index >= 15 is 0 Å². The van der Waals surface area contributed by atoms with Gasteiger partial charge in [-0.25, -0.2) is 4.39 Å². The first-order valence-electron chi connectivity index (χ1n) is 7.03. The van der Waals surface area contributed by atoms with E-state index in [9.17, 15) is 9.18 Å². The molecule has 0 saturated carbocycles. The molecule has 110 valence electrons. The van der Waals surface area contributed by atoms with Crippen LogP contribution in [0.3, 0.4) is 0 Å². The van der Waals surface area contributed by atoms with Gasteiger partial charge in [-0.3, -0.25) is 9.69 Å². The number of hydrogen-bond acceptors (Lipinski definition) is 2. The van der Waals surface area contributed by atoms with Crippen LogP contribution >= 0.6 is 15.9 Å². The molecule has 0 unspecified atom stereocenters. The minimum Gasteiger partial charge on any atom is -0.341 e. The van der Waals surface area contributed by atoms with Crippen molar-refractivity contribution in [3.63, 3.8) is 0 Å². The average molecular weight is 343 g/mol. The van der Waals surface area contributed by atoms with Crippen LogP contribution in [-0.4, -0.2) is 41.9 Å². The molecule has 1 aliphatic heterocycles. The van der Waals surface area contributed by atoms with Gasteiger partial charge in [0.25, 0.3) is 0 Å². The van der Waals surface area contributed by atoms with Crippen LogP contribution in [0.25, 0.3) is 0 Å². The third kappa shape index (κ3) is 4.28. The molecule has 0 N–H and O–H groups in total. The van der Waals surface area contributed by atoms with Crippen molar-refractivity contribution in [2.24, 2.45) is 0 Å². The summed E-state index contributed by atoms with van der Waals surface area (Å²) in [4.78, 5) is 15.9. The first-order valence-corrected chi connectivity index (χ1v) is 7.83. The number of nitrogens with zero attached hydrogens (tertiary/aromatic N) is 2. The van der Waals surface area contributed by atoms with Gasteiger partial charge in [0, 0.05) is 43.6 Å². The highest BCUT2D eigenvalue weighted by atomic mass is 79.9. The first-order chi connectivity index (χ1) is 9.58. The Morgan fingerprint density at radius 2 is 2.05 bits per heavy atom. The molecule has 20 heavy (non-hydrogen) atoms. The molecule has 0 radical (unpaired) electrons. The Kier molecular flexibility index (Phi) is 5.54. The Bertz CT molecular complexity index is 461. The number of benzene rings is 1. The fourth-order valence-corrected chi connectivity index (χ4v) is 3.08. The summed E-state index contributed by atoms with van der Waals surface area (Å²) in [7, 11) is 0. The molecule has 0 aromatic heterocycles. The highest BCUT2D eigenvalue weighted by Crippen LogP contribution is 2.17. The third-order valence-electron chi connectivity index (χ3n) is 3.57. The molecule has 0 aliphatic carbocycles. The van der Waals surface area contributed by atoms with Crippen molar-refractivity contribution in [3.05, 3.63) is 34.1 Å². The van der Waals surface area contributed by atoms with Crippen molar-refractivity contribution in [2.75, 3.05) is 26.2 Å². The van der Waals surface area contributed by atoms with Gasteiger partial charge in [-0.05, 0) is 30.2 Å². The molecule has 1 amide bonds. The second kappa shape index (κ2) is 7.18. The maximum Gasteiger partial charge on any atom is 0.222 e. The lowest BCUT2D eigenvalue weighted by atomic mass is 10.2. The van der Waals surface area contributed by atoms with E-state index in [1.165, 1.54) is 6.07 Å². The molecule has 0 spiro atoms. The van der Waals surface area contributed by atoms with Gasteiger partial charge in [0.15, 0.2) is 0 Å². The van der Waals surface area contributed by atoms with Crippen LogP contribution in [0.5, 0.6) is 0 Å². The van der Waals surface area contributed by atoms with E-state index in [1.54, 1.807) is 6.07 Å². The molecule has 1 saturated heterocycles. The molecule has 1 fully saturated rings. The largest absolute Gasteiger partial charge is 0.341 e. The van der Waals surface area contributed by atoms with Crippen molar-refractivity contribution < 1.29 is 9.18 Å². The van der Waals surface area contributed by atoms with Crippen LogP contribution in [-0.2, 0) is 11.3 Å². The van der Waals surface area contributed by atoms with Crippen LogP contribution in [0.4, 0.5) is 4.39 Å². The second-order valence-electron chi connectivity index (χ2n) is 5.14. The summed E-state index contributed by atoms with van der Waals surface area (Å²) < 4.78 is 14.1. The highest BCUT2D eigenvalue weighted by Gasteiger charge is 2.18. The SMILES string of the molecule is CCC(=O)N1CCCN(Cc2cc(F)cc(Br)c2)CC1. The predicted octanol–water partition coefficient (Wildman–Crippen LogP) is 3.03. The summed E-state index contributed by atoms with van der Waals surface area (Å²) in [5.41, 5.74) is 0.965. The highest BCUT2D eigenvalue weighted by molar-refractivity contribution is 9.10. The number of halogens is 2. The van der Waals surface area contributed by atoms with Crippen LogP contribution < -0.4 is 0 Å². The van der Waals surface area contributed by atoms with Gasteiger partial charge >= 0.3 is 0 Å². The molecule has 1 heterocycles. The van der Waals surface area contributed by atoms with Crippen molar-refractivity contribution >= 4 is 21.8 Å². The number of amides is 1. The summed E-state index contributed by atoms with van der Waals surface area (Å²) in [5, 5.41) is 0. The summed E-state index contributed by atoms with van der Waals surface area (Å²) >= 11 is 3.32. The Morgan fingerprint density at radius 1 is 1.25 bits per heavy atom. The maximum absolute atomic E-state index is 13.4. The van der Waals surface area contributed by atoms with Crippen molar-refractivity contribution in [1.29, 1.82) is 0 Å². The monoisotopic (exact) mass is 342 g/mol. The second-order valence-corrected chi connectivity index (χ2v) is 6.06. The molecule has 2 rings (SSSR count). The van der Waals surface area contributed by atoms with Gasteiger partial charge < -0.3 is 4.90 Å². The Balaban J connectivity index is 1.95. The fourth-order valence-electron chi connectivity index (χ4n) is 2.56. The Morgan fingerprint density at radius 3 is 2.75 bits per heavy atom.